The first-order valence-electron chi connectivity index (χ1n) is 5.52. The van der Waals surface area contributed by atoms with Gasteiger partial charge >= 0.3 is 0 Å². The normalized spacial score (nSPS) is 20.2. The largest absolute Gasteiger partial charge is 0.276 e. The van der Waals surface area contributed by atoms with Gasteiger partial charge in [-0.25, -0.2) is 0 Å². The van der Waals surface area contributed by atoms with Crippen LogP contribution in [0.5, 0.6) is 0 Å². The first-order valence-corrected chi connectivity index (χ1v) is 5.52. The van der Waals surface area contributed by atoms with Gasteiger partial charge in [-0.15, -0.1) is 0 Å². The molecule has 1 aliphatic heterocycles. The highest BCUT2D eigenvalue weighted by Gasteiger charge is 2.33. The Morgan fingerprint density at radius 2 is 1.94 bits per heavy atom. The summed E-state index contributed by atoms with van der Waals surface area (Å²) in [5, 5.41) is 0. The zero-order chi connectivity index (χ0) is 11.7. The Hall–Kier alpha value is -1.64. The Balaban J connectivity index is 2.25. The molecule has 1 heterocycles. The van der Waals surface area contributed by atoms with Crippen molar-refractivity contribution < 1.29 is 9.59 Å². The molecule has 0 saturated carbocycles. The maximum atomic E-state index is 12.1. The molecule has 1 saturated heterocycles. The minimum Gasteiger partial charge on any atom is -0.276 e. The van der Waals surface area contributed by atoms with Gasteiger partial charge in [0, 0.05) is 18.0 Å². The number of hydrogen-bond donors (Lipinski definition) is 0. The molecule has 0 aromatic heterocycles. The van der Waals surface area contributed by atoms with Gasteiger partial charge in [0.25, 0.3) is 5.91 Å². The van der Waals surface area contributed by atoms with Crippen LogP contribution in [0.4, 0.5) is 0 Å². The quantitative estimate of drug-likeness (QED) is 0.676. The molecule has 1 fully saturated rings. The summed E-state index contributed by atoms with van der Waals surface area (Å²) in [5.74, 6) is -0.229. The van der Waals surface area contributed by atoms with Crippen molar-refractivity contribution in [2.75, 3.05) is 0 Å². The van der Waals surface area contributed by atoms with Crippen molar-refractivity contribution in [3.05, 3.63) is 35.4 Å². The first kappa shape index (κ1) is 10.9. The van der Waals surface area contributed by atoms with Crippen LogP contribution in [0.2, 0.25) is 0 Å². The molecule has 84 valence electrons. The molecular weight excluding hydrogens is 202 g/mol. The fourth-order valence-corrected chi connectivity index (χ4v) is 1.98. The minimum atomic E-state index is -0.171. The third-order valence-corrected chi connectivity index (χ3v) is 3.00. The SMILES string of the molecule is Cc1ccc(C(=O)N2C(=O)CCC2C)cc1. The van der Waals surface area contributed by atoms with Crippen molar-refractivity contribution >= 4 is 11.8 Å². The van der Waals surface area contributed by atoms with Crippen molar-refractivity contribution in [3.8, 4) is 0 Å². The van der Waals surface area contributed by atoms with Gasteiger partial charge in [-0.1, -0.05) is 17.7 Å². The van der Waals surface area contributed by atoms with E-state index in [2.05, 4.69) is 0 Å². The molecule has 16 heavy (non-hydrogen) atoms. The Bertz CT molecular complexity index is 422. The van der Waals surface area contributed by atoms with E-state index < -0.39 is 0 Å². The van der Waals surface area contributed by atoms with Crippen LogP contribution in [0.15, 0.2) is 24.3 Å². The number of hydrogen-bond acceptors (Lipinski definition) is 2. The third-order valence-electron chi connectivity index (χ3n) is 3.00. The van der Waals surface area contributed by atoms with Crippen LogP contribution < -0.4 is 0 Å². The van der Waals surface area contributed by atoms with Crippen LogP contribution >= 0.6 is 0 Å². The minimum absolute atomic E-state index is 0.0290. The topological polar surface area (TPSA) is 37.4 Å². The number of aryl methyl sites for hydroxylation is 1. The number of benzene rings is 1. The lowest BCUT2D eigenvalue weighted by molar-refractivity contribution is -0.126. The van der Waals surface area contributed by atoms with E-state index in [1.165, 1.54) is 4.90 Å². The Morgan fingerprint density at radius 3 is 2.44 bits per heavy atom. The fourth-order valence-electron chi connectivity index (χ4n) is 1.98. The summed E-state index contributed by atoms with van der Waals surface area (Å²) < 4.78 is 0. The lowest BCUT2D eigenvalue weighted by Crippen LogP contribution is -2.37. The zero-order valence-corrected chi connectivity index (χ0v) is 9.56. The third kappa shape index (κ3) is 1.85. The molecule has 1 aromatic carbocycles. The lowest BCUT2D eigenvalue weighted by atomic mass is 10.1. The number of amides is 2. The van der Waals surface area contributed by atoms with Crippen molar-refractivity contribution in [1.82, 2.24) is 4.90 Å². The van der Waals surface area contributed by atoms with E-state index in [4.69, 9.17) is 0 Å². The molecule has 2 amide bonds. The first-order chi connectivity index (χ1) is 7.59. The van der Waals surface area contributed by atoms with Gasteiger partial charge < -0.3 is 0 Å². The molecular formula is C13H15NO2. The van der Waals surface area contributed by atoms with Gasteiger partial charge in [-0.05, 0) is 32.4 Å². The molecule has 0 aliphatic carbocycles. The van der Waals surface area contributed by atoms with Crippen molar-refractivity contribution in [2.45, 2.75) is 32.7 Å². The summed E-state index contributed by atoms with van der Waals surface area (Å²) in [6, 6.07) is 7.35. The highest BCUT2D eigenvalue weighted by molar-refractivity contribution is 6.05. The van der Waals surface area contributed by atoms with E-state index in [-0.39, 0.29) is 17.9 Å². The van der Waals surface area contributed by atoms with E-state index in [1.807, 2.05) is 26.0 Å². The van der Waals surface area contributed by atoms with Crippen LogP contribution in [0.1, 0.15) is 35.7 Å². The van der Waals surface area contributed by atoms with Crippen LogP contribution in [0, 0.1) is 6.92 Å². The molecule has 1 aliphatic rings. The van der Waals surface area contributed by atoms with Crippen LogP contribution in [0.3, 0.4) is 0 Å². The molecule has 3 nitrogen and oxygen atoms in total. The van der Waals surface area contributed by atoms with Gasteiger partial charge in [0.05, 0.1) is 0 Å². The van der Waals surface area contributed by atoms with Crippen molar-refractivity contribution in [1.29, 1.82) is 0 Å². The second-order valence-electron chi connectivity index (χ2n) is 4.32. The summed E-state index contributed by atoms with van der Waals surface area (Å²) >= 11 is 0. The highest BCUT2D eigenvalue weighted by Crippen LogP contribution is 2.20. The molecule has 0 bridgehead atoms. The molecule has 1 aromatic rings. The smallest absolute Gasteiger partial charge is 0.260 e. The molecule has 2 rings (SSSR count). The Kier molecular flexibility index (Phi) is 2.77. The Morgan fingerprint density at radius 1 is 1.31 bits per heavy atom. The molecule has 3 heteroatoms. The number of nitrogens with zero attached hydrogens (tertiary/aromatic N) is 1. The number of rotatable bonds is 1. The van der Waals surface area contributed by atoms with Gasteiger partial charge in [-0.3, -0.25) is 14.5 Å². The van der Waals surface area contributed by atoms with Crippen LogP contribution in [-0.4, -0.2) is 22.8 Å². The van der Waals surface area contributed by atoms with Crippen LogP contribution in [-0.2, 0) is 4.79 Å². The number of imide groups is 1. The van der Waals surface area contributed by atoms with Crippen molar-refractivity contribution in [2.24, 2.45) is 0 Å². The van der Waals surface area contributed by atoms with E-state index in [0.717, 1.165) is 12.0 Å². The number of carbonyl (C=O) groups is 2. The van der Waals surface area contributed by atoms with Crippen molar-refractivity contribution in [3.63, 3.8) is 0 Å². The summed E-state index contributed by atoms with van der Waals surface area (Å²) in [4.78, 5) is 25.0. The zero-order valence-electron chi connectivity index (χ0n) is 9.56. The molecule has 1 atom stereocenters. The maximum Gasteiger partial charge on any atom is 0.260 e. The summed E-state index contributed by atoms with van der Waals surface area (Å²) in [5.41, 5.74) is 1.70. The number of carbonyl (C=O) groups excluding carboxylic acids is 2. The summed E-state index contributed by atoms with van der Waals surface area (Å²) in [7, 11) is 0. The molecule has 0 spiro atoms. The summed E-state index contributed by atoms with van der Waals surface area (Å²) in [6.45, 7) is 3.88. The molecule has 1 unspecified atom stereocenters. The molecule has 0 radical (unpaired) electrons. The van der Waals surface area contributed by atoms with Gasteiger partial charge in [0.1, 0.15) is 0 Å². The highest BCUT2D eigenvalue weighted by atomic mass is 16.2. The predicted octanol–water partition coefficient (Wildman–Crippen LogP) is 2.15. The average molecular weight is 217 g/mol. The van der Waals surface area contributed by atoms with Gasteiger partial charge in [-0.2, -0.15) is 0 Å². The van der Waals surface area contributed by atoms with Crippen LogP contribution in [0.25, 0.3) is 0 Å². The monoisotopic (exact) mass is 217 g/mol. The summed E-state index contributed by atoms with van der Waals surface area (Å²) in [6.07, 6.45) is 1.26. The van der Waals surface area contributed by atoms with Gasteiger partial charge in [0.15, 0.2) is 0 Å². The fraction of sp³-hybridized carbons (Fsp3) is 0.385. The second-order valence-corrected chi connectivity index (χ2v) is 4.32. The lowest BCUT2D eigenvalue weighted by Gasteiger charge is -2.19. The standard InChI is InChI=1S/C13H15NO2/c1-9-3-6-11(7-4-9)13(16)14-10(2)5-8-12(14)15/h3-4,6-7,10H,5,8H2,1-2H3. The predicted molar refractivity (Wildman–Crippen MR) is 61.1 cm³/mol. The second kappa shape index (κ2) is 4.08. The Labute approximate surface area is 95.1 Å². The van der Waals surface area contributed by atoms with E-state index in [9.17, 15) is 9.59 Å². The van der Waals surface area contributed by atoms with E-state index in [1.54, 1.807) is 12.1 Å². The van der Waals surface area contributed by atoms with E-state index >= 15 is 0 Å². The van der Waals surface area contributed by atoms with Gasteiger partial charge in [0.2, 0.25) is 5.91 Å². The molecule has 0 N–H and O–H groups in total. The average Bonchev–Trinajstić information content (AvgIpc) is 2.59. The number of likely N-dealkylation sites (tertiary alicyclic amines) is 1. The maximum absolute atomic E-state index is 12.1. The van der Waals surface area contributed by atoms with E-state index in [0.29, 0.717) is 12.0 Å².